The van der Waals surface area contributed by atoms with Crippen LogP contribution in [0.25, 0.3) is 0 Å². The summed E-state index contributed by atoms with van der Waals surface area (Å²) in [5, 5.41) is 8.88. The average molecular weight is 163 g/mol. The summed E-state index contributed by atoms with van der Waals surface area (Å²) in [7, 11) is 0. The van der Waals surface area contributed by atoms with Crippen molar-refractivity contribution >= 4 is 5.78 Å². The number of ketones is 1. The van der Waals surface area contributed by atoms with Crippen LogP contribution in [-0.4, -0.2) is 5.78 Å². The highest BCUT2D eigenvalue weighted by Gasteiger charge is 2.55. The molecular formula is C10H13NO. The van der Waals surface area contributed by atoms with Crippen molar-refractivity contribution in [3.05, 3.63) is 11.6 Å². The van der Waals surface area contributed by atoms with Gasteiger partial charge in [0, 0.05) is 5.92 Å². The van der Waals surface area contributed by atoms with Crippen LogP contribution >= 0.6 is 0 Å². The number of carbonyl (C=O) groups is 1. The number of carbonyl (C=O) groups excluding carboxylic acids is 1. The lowest BCUT2D eigenvalue weighted by Crippen LogP contribution is -2.03. The Hall–Kier alpha value is -1.10. The molecule has 0 aromatic heterocycles. The Labute approximate surface area is 72.9 Å². The summed E-state index contributed by atoms with van der Waals surface area (Å²) in [6.07, 6.45) is 2.63. The van der Waals surface area contributed by atoms with Gasteiger partial charge in [0.05, 0.1) is 11.5 Å². The highest BCUT2D eigenvalue weighted by molar-refractivity contribution is 5.83. The Balaban J connectivity index is 2.81. The summed E-state index contributed by atoms with van der Waals surface area (Å²) in [5.41, 5.74) is 0.658. The van der Waals surface area contributed by atoms with E-state index in [0.717, 1.165) is 5.57 Å². The second kappa shape index (κ2) is 2.75. The Bertz CT molecular complexity index is 281. The fourth-order valence-electron chi connectivity index (χ4n) is 1.62. The maximum absolute atomic E-state index is 11.0. The maximum Gasteiger partial charge on any atom is 0.134 e. The molecule has 2 atom stereocenters. The lowest BCUT2D eigenvalue weighted by Gasteiger charge is -1.99. The monoisotopic (exact) mass is 163 g/mol. The highest BCUT2D eigenvalue weighted by Crippen LogP contribution is 2.54. The van der Waals surface area contributed by atoms with Gasteiger partial charge in [-0.25, -0.2) is 0 Å². The molecule has 0 unspecified atom stereocenters. The van der Waals surface area contributed by atoms with Gasteiger partial charge in [-0.1, -0.05) is 11.6 Å². The molecule has 1 aliphatic rings. The first-order valence-electron chi connectivity index (χ1n) is 4.09. The molecule has 0 heterocycles. The smallest absolute Gasteiger partial charge is 0.134 e. The number of allylic oxidation sites excluding steroid dienone is 2. The van der Waals surface area contributed by atoms with E-state index in [9.17, 15) is 4.79 Å². The second-order valence-electron chi connectivity index (χ2n) is 3.74. The minimum Gasteiger partial charge on any atom is -0.300 e. The van der Waals surface area contributed by atoms with Gasteiger partial charge in [-0.15, -0.1) is 0 Å². The Morgan fingerprint density at radius 2 is 2.17 bits per heavy atom. The first-order chi connectivity index (χ1) is 5.52. The minimum absolute atomic E-state index is 0.0441. The van der Waals surface area contributed by atoms with Crippen molar-refractivity contribution in [3.8, 4) is 6.07 Å². The van der Waals surface area contributed by atoms with E-state index in [1.165, 1.54) is 0 Å². The normalized spacial score (nSPS) is 32.0. The molecule has 1 fully saturated rings. The molecule has 1 saturated carbocycles. The van der Waals surface area contributed by atoms with Crippen LogP contribution in [0.1, 0.15) is 27.2 Å². The SMILES string of the molecule is CC(=O)[C@H]1C[C@@]1(C#N)C=C(C)C. The molecule has 0 aliphatic heterocycles. The van der Waals surface area contributed by atoms with Crippen LogP contribution in [0.2, 0.25) is 0 Å². The molecule has 0 bridgehead atoms. The Morgan fingerprint density at radius 3 is 2.42 bits per heavy atom. The van der Waals surface area contributed by atoms with Gasteiger partial charge < -0.3 is 0 Å². The molecule has 2 heteroatoms. The van der Waals surface area contributed by atoms with Gasteiger partial charge in [-0.3, -0.25) is 4.79 Å². The fourth-order valence-corrected chi connectivity index (χ4v) is 1.62. The first-order valence-corrected chi connectivity index (χ1v) is 4.09. The molecule has 0 spiro atoms. The molecule has 0 aromatic carbocycles. The van der Waals surface area contributed by atoms with E-state index in [2.05, 4.69) is 6.07 Å². The largest absolute Gasteiger partial charge is 0.300 e. The molecule has 0 aromatic rings. The van der Waals surface area contributed by atoms with Crippen LogP contribution in [0.4, 0.5) is 0 Å². The number of rotatable bonds is 2. The van der Waals surface area contributed by atoms with E-state index < -0.39 is 5.41 Å². The van der Waals surface area contributed by atoms with E-state index >= 15 is 0 Å². The molecule has 1 aliphatic carbocycles. The number of hydrogen-bond donors (Lipinski definition) is 0. The van der Waals surface area contributed by atoms with Crippen LogP contribution in [0.15, 0.2) is 11.6 Å². The maximum atomic E-state index is 11.0. The zero-order valence-corrected chi connectivity index (χ0v) is 7.72. The zero-order valence-electron chi connectivity index (χ0n) is 7.72. The predicted octanol–water partition coefficient (Wildman–Crippen LogP) is 2.07. The highest BCUT2D eigenvalue weighted by atomic mass is 16.1. The van der Waals surface area contributed by atoms with E-state index in [0.29, 0.717) is 6.42 Å². The van der Waals surface area contributed by atoms with E-state index in [-0.39, 0.29) is 11.7 Å². The molecule has 0 saturated heterocycles. The Kier molecular flexibility index (Phi) is 2.06. The first kappa shape index (κ1) is 8.99. The Morgan fingerprint density at radius 1 is 1.58 bits per heavy atom. The molecule has 0 radical (unpaired) electrons. The number of nitriles is 1. The summed E-state index contributed by atoms with van der Waals surface area (Å²) in [6.45, 7) is 5.46. The van der Waals surface area contributed by atoms with Crippen molar-refractivity contribution in [1.82, 2.24) is 0 Å². The van der Waals surface area contributed by atoms with Crippen molar-refractivity contribution in [1.29, 1.82) is 5.26 Å². The number of Topliss-reactive ketones (excluding diaryl/α,β-unsaturated/α-hetero) is 1. The van der Waals surface area contributed by atoms with Gasteiger partial charge in [0.2, 0.25) is 0 Å². The van der Waals surface area contributed by atoms with Crippen molar-refractivity contribution in [2.75, 3.05) is 0 Å². The molecule has 2 nitrogen and oxygen atoms in total. The minimum atomic E-state index is -0.454. The summed E-state index contributed by atoms with van der Waals surface area (Å²) in [4.78, 5) is 11.0. The molecule has 1 rings (SSSR count). The quantitative estimate of drug-likeness (QED) is 0.585. The lowest BCUT2D eigenvalue weighted by atomic mass is 10.0. The molecular weight excluding hydrogens is 150 g/mol. The van der Waals surface area contributed by atoms with Crippen LogP contribution < -0.4 is 0 Å². The van der Waals surface area contributed by atoms with Crippen molar-refractivity contribution < 1.29 is 4.79 Å². The number of hydrogen-bond acceptors (Lipinski definition) is 2. The van der Waals surface area contributed by atoms with Crippen molar-refractivity contribution in [2.24, 2.45) is 11.3 Å². The fraction of sp³-hybridized carbons (Fsp3) is 0.600. The summed E-state index contributed by atoms with van der Waals surface area (Å²) in [5.74, 6) is 0.0893. The predicted molar refractivity (Wildman–Crippen MR) is 46.3 cm³/mol. The second-order valence-corrected chi connectivity index (χ2v) is 3.74. The van der Waals surface area contributed by atoms with Crippen LogP contribution in [0.3, 0.4) is 0 Å². The third-order valence-electron chi connectivity index (χ3n) is 2.25. The summed E-state index contributed by atoms with van der Waals surface area (Å²) >= 11 is 0. The molecule has 64 valence electrons. The molecule has 0 N–H and O–H groups in total. The zero-order chi connectivity index (χ0) is 9.35. The lowest BCUT2D eigenvalue weighted by molar-refractivity contribution is -0.118. The van der Waals surface area contributed by atoms with Crippen LogP contribution in [-0.2, 0) is 4.79 Å². The average Bonchev–Trinajstić information content (AvgIpc) is 2.63. The van der Waals surface area contributed by atoms with Gasteiger partial charge >= 0.3 is 0 Å². The van der Waals surface area contributed by atoms with Crippen molar-refractivity contribution in [3.63, 3.8) is 0 Å². The summed E-state index contributed by atoms with van der Waals surface area (Å²) < 4.78 is 0. The third-order valence-corrected chi connectivity index (χ3v) is 2.25. The van der Waals surface area contributed by atoms with Crippen molar-refractivity contribution in [2.45, 2.75) is 27.2 Å². The van der Waals surface area contributed by atoms with Crippen LogP contribution in [0, 0.1) is 22.7 Å². The van der Waals surface area contributed by atoms with Gasteiger partial charge in [-0.2, -0.15) is 5.26 Å². The van der Waals surface area contributed by atoms with E-state index in [4.69, 9.17) is 5.26 Å². The van der Waals surface area contributed by atoms with Gasteiger partial charge in [0.25, 0.3) is 0 Å². The molecule has 12 heavy (non-hydrogen) atoms. The third kappa shape index (κ3) is 1.40. The van der Waals surface area contributed by atoms with E-state index in [1.807, 2.05) is 19.9 Å². The van der Waals surface area contributed by atoms with E-state index in [1.54, 1.807) is 6.92 Å². The number of nitrogens with zero attached hydrogens (tertiary/aromatic N) is 1. The topological polar surface area (TPSA) is 40.9 Å². The van der Waals surface area contributed by atoms with Crippen LogP contribution in [0.5, 0.6) is 0 Å². The van der Waals surface area contributed by atoms with Gasteiger partial charge in [0.15, 0.2) is 0 Å². The van der Waals surface area contributed by atoms with Gasteiger partial charge in [0.1, 0.15) is 5.78 Å². The molecule has 0 amide bonds. The van der Waals surface area contributed by atoms with Gasteiger partial charge in [-0.05, 0) is 27.2 Å². The standard InChI is InChI=1S/C10H13NO/c1-7(2)4-10(6-11)5-9(10)8(3)12/h4,9H,5H2,1-3H3/t9-,10-/m1/s1. The summed E-state index contributed by atoms with van der Waals surface area (Å²) in [6, 6.07) is 2.22.